The molecular weight excluding hydrogens is 226 g/mol. The molecule has 0 aromatic rings. The monoisotopic (exact) mass is 249 g/mol. The summed E-state index contributed by atoms with van der Waals surface area (Å²) in [6, 6.07) is 0.529. The average Bonchev–Trinajstić information content (AvgIpc) is 2.26. The predicted octanol–water partition coefficient (Wildman–Crippen LogP) is 1.30. The van der Waals surface area contributed by atoms with E-state index in [2.05, 4.69) is 19.2 Å². The molecule has 1 N–H and O–H groups in total. The van der Waals surface area contributed by atoms with Crippen LogP contribution in [0.25, 0.3) is 0 Å². The van der Waals surface area contributed by atoms with Crippen molar-refractivity contribution < 1.29 is 14.3 Å². The molecule has 0 aromatic heterocycles. The van der Waals surface area contributed by atoms with Gasteiger partial charge in [0.2, 0.25) is 5.12 Å². The van der Waals surface area contributed by atoms with E-state index in [0.29, 0.717) is 19.3 Å². The fourth-order valence-corrected chi connectivity index (χ4v) is 1.20. The van der Waals surface area contributed by atoms with E-state index < -0.39 is 0 Å². The third-order valence-electron chi connectivity index (χ3n) is 1.84. The zero-order valence-electron chi connectivity index (χ0n) is 10.5. The molecule has 0 spiro atoms. The van der Waals surface area contributed by atoms with Gasteiger partial charge in [-0.2, -0.15) is 0 Å². The Hall–Kier alpha value is -0.100. The first-order chi connectivity index (χ1) is 7.66. The summed E-state index contributed by atoms with van der Waals surface area (Å²) in [5.41, 5.74) is 0. The van der Waals surface area contributed by atoms with Crippen LogP contribution in [-0.2, 0) is 14.3 Å². The van der Waals surface area contributed by atoms with E-state index in [1.54, 1.807) is 6.26 Å². The minimum atomic E-state index is 0.0566. The van der Waals surface area contributed by atoms with Crippen molar-refractivity contribution >= 4 is 16.9 Å². The van der Waals surface area contributed by atoms with Crippen molar-refractivity contribution in [2.24, 2.45) is 0 Å². The Bertz CT molecular complexity index is 177. The number of ether oxygens (including phenoxy) is 2. The van der Waals surface area contributed by atoms with Crippen LogP contribution in [0.5, 0.6) is 0 Å². The fourth-order valence-electron chi connectivity index (χ4n) is 0.999. The first kappa shape index (κ1) is 15.9. The molecule has 0 fully saturated rings. The summed E-state index contributed by atoms with van der Waals surface area (Å²) in [6.45, 7) is 7.19. The number of thioether (sulfide) groups is 1. The van der Waals surface area contributed by atoms with Crippen molar-refractivity contribution in [3.63, 3.8) is 0 Å². The van der Waals surface area contributed by atoms with Gasteiger partial charge in [-0.05, 0) is 19.2 Å². The molecule has 0 atom stereocenters. The Kier molecular flexibility index (Phi) is 11.3. The zero-order valence-corrected chi connectivity index (χ0v) is 11.3. The summed E-state index contributed by atoms with van der Waals surface area (Å²) in [4.78, 5) is 10.8. The number of hydrogen-bond acceptors (Lipinski definition) is 5. The second-order valence-electron chi connectivity index (χ2n) is 3.70. The number of nitrogens with one attached hydrogen (secondary N) is 1. The van der Waals surface area contributed by atoms with E-state index in [1.165, 1.54) is 11.8 Å². The lowest BCUT2D eigenvalue weighted by molar-refractivity contribution is -0.115. The van der Waals surface area contributed by atoms with Gasteiger partial charge in [-0.15, -0.1) is 0 Å². The fraction of sp³-hybridized carbons (Fsp3) is 0.909. The predicted molar refractivity (Wildman–Crippen MR) is 67.9 cm³/mol. The Labute approximate surface area is 102 Å². The van der Waals surface area contributed by atoms with Crippen LogP contribution < -0.4 is 5.32 Å². The van der Waals surface area contributed by atoms with Crippen molar-refractivity contribution in [1.82, 2.24) is 5.32 Å². The summed E-state index contributed by atoms with van der Waals surface area (Å²) in [5, 5.41) is 3.37. The maximum absolute atomic E-state index is 10.8. The van der Waals surface area contributed by atoms with Crippen LogP contribution in [0.1, 0.15) is 20.3 Å². The number of carbonyl (C=O) groups is 1. The first-order valence-corrected chi connectivity index (χ1v) is 6.85. The molecule has 0 aromatic carbocycles. The van der Waals surface area contributed by atoms with Gasteiger partial charge >= 0.3 is 0 Å². The van der Waals surface area contributed by atoms with Crippen molar-refractivity contribution in [3.8, 4) is 0 Å². The normalized spacial score (nSPS) is 11.0. The van der Waals surface area contributed by atoms with Crippen molar-refractivity contribution in [2.45, 2.75) is 26.3 Å². The molecule has 0 saturated carbocycles. The van der Waals surface area contributed by atoms with E-state index in [1.807, 2.05) is 0 Å². The molecule has 0 saturated heterocycles. The average molecular weight is 249 g/mol. The van der Waals surface area contributed by atoms with Gasteiger partial charge in [-0.25, -0.2) is 0 Å². The Morgan fingerprint density at radius 2 is 1.94 bits per heavy atom. The van der Waals surface area contributed by atoms with Gasteiger partial charge in [0.1, 0.15) is 6.61 Å². The van der Waals surface area contributed by atoms with Crippen LogP contribution in [0.4, 0.5) is 0 Å². The van der Waals surface area contributed by atoms with Crippen LogP contribution in [-0.4, -0.2) is 50.4 Å². The Morgan fingerprint density at radius 1 is 1.25 bits per heavy atom. The first-order valence-electron chi connectivity index (χ1n) is 5.62. The lowest BCUT2D eigenvalue weighted by Crippen LogP contribution is -2.24. The summed E-state index contributed by atoms with van der Waals surface area (Å²) in [7, 11) is 0. The maximum atomic E-state index is 10.8. The summed E-state index contributed by atoms with van der Waals surface area (Å²) >= 11 is 1.19. The molecule has 96 valence electrons. The number of hydrogen-bond donors (Lipinski definition) is 1. The van der Waals surface area contributed by atoms with Crippen molar-refractivity contribution in [1.29, 1.82) is 0 Å². The number of carbonyl (C=O) groups excluding carboxylic acids is 1. The molecule has 0 aliphatic rings. The summed E-state index contributed by atoms with van der Waals surface area (Å²) < 4.78 is 10.5. The highest BCUT2D eigenvalue weighted by atomic mass is 32.2. The molecule has 4 nitrogen and oxygen atoms in total. The van der Waals surface area contributed by atoms with Gasteiger partial charge in [0, 0.05) is 12.6 Å². The van der Waals surface area contributed by atoms with Crippen molar-refractivity contribution in [3.05, 3.63) is 0 Å². The van der Waals surface area contributed by atoms with Gasteiger partial charge in [-0.3, -0.25) is 4.79 Å². The third-order valence-corrected chi connectivity index (χ3v) is 2.41. The highest BCUT2D eigenvalue weighted by molar-refractivity contribution is 8.13. The van der Waals surface area contributed by atoms with Gasteiger partial charge in [-0.1, -0.05) is 25.6 Å². The largest absolute Gasteiger partial charge is 0.379 e. The standard InChI is InChI=1S/C11H23NO3S/c1-10(2)12-5-4-6-14-7-8-15-9-11(13)16-3/h10,12H,4-9H2,1-3H3. The quantitative estimate of drug-likeness (QED) is 0.591. The van der Waals surface area contributed by atoms with E-state index in [-0.39, 0.29) is 11.7 Å². The van der Waals surface area contributed by atoms with Crippen LogP contribution >= 0.6 is 11.8 Å². The number of rotatable bonds is 10. The van der Waals surface area contributed by atoms with Gasteiger partial charge in [0.05, 0.1) is 13.2 Å². The second kappa shape index (κ2) is 11.4. The summed E-state index contributed by atoms with van der Waals surface area (Å²) in [5.74, 6) is 0. The molecule has 0 bridgehead atoms. The second-order valence-corrected chi connectivity index (χ2v) is 4.57. The van der Waals surface area contributed by atoms with Crippen molar-refractivity contribution in [2.75, 3.05) is 39.2 Å². The van der Waals surface area contributed by atoms with Gasteiger partial charge < -0.3 is 14.8 Å². The molecule has 5 heteroatoms. The molecule has 16 heavy (non-hydrogen) atoms. The molecule has 0 heterocycles. The van der Waals surface area contributed by atoms with Crippen LogP contribution in [0.3, 0.4) is 0 Å². The molecule has 0 radical (unpaired) electrons. The van der Waals surface area contributed by atoms with E-state index in [0.717, 1.165) is 19.6 Å². The highest BCUT2D eigenvalue weighted by Gasteiger charge is 1.98. The smallest absolute Gasteiger partial charge is 0.214 e. The van der Waals surface area contributed by atoms with E-state index in [9.17, 15) is 4.79 Å². The lowest BCUT2D eigenvalue weighted by atomic mass is 10.3. The Balaban J connectivity index is 3.01. The topological polar surface area (TPSA) is 47.6 Å². The van der Waals surface area contributed by atoms with Crippen LogP contribution in [0.15, 0.2) is 0 Å². The van der Waals surface area contributed by atoms with Crippen LogP contribution in [0.2, 0.25) is 0 Å². The molecule has 0 aliphatic carbocycles. The zero-order chi connectivity index (χ0) is 12.2. The minimum Gasteiger partial charge on any atom is -0.379 e. The minimum absolute atomic E-state index is 0.0566. The molecule has 0 aliphatic heterocycles. The SMILES string of the molecule is CSC(=O)COCCOCCCNC(C)C. The van der Waals surface area contributed by atoms with Gasteiger partial charge in [0.25, 0.3) is 0 Å². The molecule has 0 amide bonds. The molecular formula is C11H23NO3S. The van der Waals surface area contributed by atoms with E-state index in [4.69, 9.17) is 9.47 Å². The van der Waals surface area contributed by atoms with E-state index >= 15 is 0 Å². The lowest BCUT2D eigenvalue weighted by Gasteiger charge is -2.08. The van der Waals surface area contributed by atoms with Gasteiger partial charge in [0.15, 0.2) is 0 Å². The van der Waals surface area contributed by atoms with Crippen LogP contribution in [0, 0.1) is 0 Å². The third kappa shape index (κ3) is 12.0. The summed E-state index contributed by atoms with van der Waals surface area (Å²) in [6.07, 6.45) is 2.76. The maximum Gasteiger partial charge on any atom is 0.214 e. The highest BCUT2D eigenvalue weighted by Crippen LogP contribution is 1.94. The molecule has 0 unspecified atom stereocenters. The molecule has 0 rings (SSSR count). The Morgan fingerprint density at radius 3 is 2.56 bits per heavy atom.